The van der Waals surface area contributed by atoms with Crippen LogP contribution >= 0.6 is 15.9 Å². The molecule has 3 rings (SSSR count). The number of rotatable bonds is 6. The Morgan fingerprint density at radius 2 is 1.90 bits per heavy atom. The molecule has 0 radical (unpaired) electrons. The van der Waals surface area contributed by atoms with Crippen LogP contribution in [0.4, 0.5) is 10.1 Å². The molecule has 0 spiro atoms. The summed E-state index contributed by atoms with van der Waals surface area (Å²) in [7, 11) is -3.74. The van der Waals surface area contributed by atoms with Gasteiger partial charge < -0.3 is 10.2 Å². The lowest BCUT2D eigenvalue weighted by Crippen LogP contribution is -2.26. The lowest BCUT2D eigenvalue weighted by atomic mass is 10.2. The van der Waals surface area contributed by atoms with Crippen molar-refractivity contribution in [3.05, 3.63) is 57.8 Å². The molecular weight excluding hydrogens is 463 g/mol. The largest absolute Gasteiger partial charge is 0.352 e. The van der Waals surface area contributed by atoms with E-state index in [1.165, 1.54) is 25.1 Å². The van der Waals surface area contributed by atoms with Gasteiger partial charge in [0.2, 0.25) is 11.8 Å². The Balaban J connectivity index is 1.66. The van der Waals surface area contributed by atoms with Crippen LogP contribution in [0.15, 0.2) is 45.8 Å². The number of benzene rings is 2. The predicted octanol–water partition coefficient (Wildman–Crippen LogP) is 2.98. The summed E-state index contributed by atoms with van der Waals surface area (Å²) in [5, 5.41) is 2.63. The number of hydrogen-bond donors (Lipinski definition) is 1. The van der Waals surface area contributed by atoms with Gasteiger partial charge in [0, 0.05) is 36.6 Å². The summed E-state index contributed by atoms with van der Waals surface area (Å²) in [5.41, 5.74) is 2.22. The monoisotopic (exact) mass is 482 g/mol. The number of carbonyl (C=O) groups is 2. The van der Waals surface area contributed by atoms with Crippen LogP contribution in [0, 0.1) is 5.82 Å². The first-order chi connectivity index (χ1) is 13.7. The van der Waals surface area contributed by atoms with Crippen LogP contribution in [0.1, 0.15) is 24.5 Å². The van der Waals surface area contributed by atoms with Crippen molar-refractivity contribution in [3.63, 3.8) is 0 Å². The van der Waals surface area contributed by atoms with E-state index in [1.54, 1.807) is 23.1 Å². The first kappa shape index (κ1) is 21.4. The first-order valence-electron chi connectivity index (χ1n) is 9.02. The molecule has 0 bridgehead atoms. The molecule has 0 aromatic heterocycles. The van der Waals surface area contributed by atoms with Crippen LogP contribution in [-0.2, 0) is 32.4 Å². The van der Waals surface area contributed by atoms with Crippen molar-refractivity contribution >= 4 is 43.3 Å². The third-order valence-electron chi connectivity index (χ3n) is 4.74. The van der Waals surface area contributed by atoms with E-state index < -0.39 is 15.7 Å². The summed E-state index contributed by atoms with van der Waals surface area (Å²) in [4.78, 5) is 25.4. The van der Waals surface area contributed by atoms with Crippen molar-refractivity contribution in [2.75, 3.05) is 17.2 Å². The summed E-state index contributed by atoms with van der Waals surface area (Å²) < 4.78 is 38.9. The molecule has 1 N–H and O–H groups in total. The normalized spacial score (nSPS) is 13.3. The Bertz CT molecular complexity index is 1050. The van der Waals surface area contributed by atoms with Gasteiger partial charge in [-0.15, -0.1) is 0 Å². The van der Waals surface area contributed by atoms with Crippen molar-refractivity contribution in [1.29, 1.82) is 0 Å². The Hall–Kier alpha value is -2.26. The molecule has 6 nitrogen and oxygen atoms in total. The van der Waals surface area contributed by atoms with E-state index in [-0.39, 0.29) is 35.3 Å². The van der Waals surface area contributed by atoms with E-state index in [4.69, 9.17) is 0 Å². The van der Waals surface area contributed by atoms with Gasteiger partial charge in [-0.1, -0.05) is 12.1 Å². The van der Waals surface area contributed by atoms with E-state index in [1.807, 2.05) is 0 Å². The topological polar surface area (TPSA) is 83.6 Å². The average molecular weight is 483 g/mol. The number of hydrogen-bond acceptors (Lipinski definition) is 4. The highest BCUT2D eigenvalue weighted by Gasteiger charge is 2.27. The van der Waals surface area contributed by atoms with Crippen LogP contribution in [0.3, 0.4) is 0 Å². The van der Waals surface area contributed by atoms with E-state index in [2.05, 4.69) is 21.2 Å². The maximum absolute atomic E-state index is 12.9. The number of halogens is 2. The van der Waals surface area contributed by atoms with Crippen molar-refractivity contribution < 1.29 is 22.4 Å². The molecule has 1 aliphatic heterocycles. The van der Waals surface area contributed by atoms with E-state index in [9.17, 15) is 22.4 Å². The number of sulfone groups is 1. The zero-order valence-electron chi connectivity index (χ0n) is 15.7. The van der Waals surface area contributed by atoms with Crippen LogP contribution in [0.5, 0.6) is 0 Å². The lowest BCUT2D eigenvalue weighted by Gasteiger charge is -2.16. The maximum atomic E-state index is 12.9. The Labute approximate surface area is 177 Å². The van der Waals surface area contributed by atoms with Gasteiger partial charge in [0.05, 0.1) is 10.6 Å². The summed E-state index contributed by atoms with van der Waals surface area (Å²) in [6.07, 6.45) is 0.461. The quantitative estimate of drug-likeness (QED) is 0.685. The molecule has 2 amide bonds. The third-order valence-corrected chi connectivity index (χ3v) is 7.41. The zero-order valence-corrected chi connectivity index (χ0v) is 18.1. The van der Waals surface area contributed by atoms with Gasteiger partial charge in [-0.3, -0.25) is 9.59 Å². The zero-order chi connectivity index (χ0) is 21.2. The van der Waals surface area contributed by atoms with Crippen LogP contribution in [-0.4, -0.2) is 32.5 Å². The molecule has 0 saturated heterocycles. The SMILES string of the molecule is CC(=O)N1CCc2cc(Br)c(S(=O)(=O)CCC(=O)NCc3ccc(F)cc3)cc21. The summed E-state index contributed by atoms with van der Waals surface area (Å²) in [6, 6.07) is 8.91. The van der Waals surface area contributed by atoms with Gasteiger partial charge in [0.1, 0.15) is 5.82 Å². The highest BCUT2D eigenvalue weighted by atomic mass is 79.9. The van der Waals surface area contributed by atoms with Crippen LogP contribution in [0.25, 0.3) is 0 Å². The minimum atomic E-state index is -3.74. The second-order valence-corrected chi connectivity index (χ2v) is 9.74. The molecule has 154 valence electrons. The fourth-order valence-corrected chi connectivity index (χ4v) is 5.63. The van der Waals surface area contributed by atoms with Gasteiger partial charge in [0.15, 0.2) is 9.84 Å². The first-order valence-corrected chi connectivity index (χ1v) is 11.5. The van der Waals surface area contributed by atoms with Crippen LogP contribution < -0.4 is 10.2 Å². The maximum Gasteiger partial charge on any atom is 0.223 e. The molecule has 1 aliphatic rings. The predicted molar refractivity (Wildman–Crippen MR) is 111 cm³/mol. The molecule has 1 heterocycles. The number of nitrogens with zero attached hydrogens (tertiary/aromatic N) is 1. The molecule has 2 aromatic carbocycles. The third kappa shape index (κ3) is 5.02. The van der Waals surface area contributed by atoms with Gasteiger partial charge in [0.25, 0.3) is 0 Å². The van der Waals surface area contributed by atoms with Crippen LogP contribution in [0.2, 0.25) is 0 Å². The molecule has 2 aromatic rings. The smallest absolute Gasteiger partial charge is 0.223 e. The average Bonchev–Trinajstić information content (AvgIpc) is 3.08. The molecule has 0 fully saturated rings. The standard InChI is InChI=1S/C20H20BrFN2O4S/c1-13(25)24-8-6-15-10-17(21)19(11-18(15)24)29(27,28)9-7-20(26)23-12-14-2-4-16(22)5-3-14/h2-5,10-11H,6-9,12H2,1H3,(H,23,26). The van der Waals surface area contributed by atoms with E-state index >= 15 is 0 Å². The van der Waals surface area contributed by atoms with Crippen molar-refractivity contribution in [2.24, 2.45) is 0 Å². The molecule has 0 aliphatic carbocycles. The van der Waals surface area contributed by atoms with Crippen molar-refractivity contribution in [1.82, 2.24) is 5.32 Å². The second kappa shape index (κ2) is 8.62. The number of carbonyl (C=O) groups excluding carboxylic acids is 2. The number of fused-ring (bicyclic) bond motifs is 1. The molecule has 0 saturated carbocycles. The fourth-order valence-electron chi connectivity index (χ4n) is 3.18. The van der Waals surface area contributed by atoms with E-state index in [0.29, 0.717) is 28.7 Å². The number of anilines is 1. The fraction of sp³-hybridized carbons (Fsp3) is 0.300. The molecule has 9 heteroatoms. The Kier molecular flexibility index (Phi) is 6.38. The molecule has 0 unspecified atom stereocenters. The van der Waals surface area contributed by atoms with Gasteiger partial charge >= 0.3 is 0 Å². The summed E-state index contributed by atoms with van der Waals surface area (Å²) in [6.45, 7) is 2.15. The number of amides is 2. The number of nitrogens with one attached hydrogen (secondary N) is 1. The Morgan fingerprint density at radius 1 is 1.21 bits per heavy atom. The molecular formula is C20H20BrFN2O4S. The highest BCUT2D eigenvalue weighted by Crippen LogP contribution is 2.36. The highest BCUT2D eigenvalue weighted by molar-refractivity contribution is 9.10. The lowest BCUT2D eigenvalue weighted by molar-refractivity contribution is -0.121. The van der Waals surface area contributed by atoms with E-state index in [0.717, 1.165) is 5.56 Å². The second-order valence-electron chi connectivity index (χ2n) is 6.80. The van der Waals surface area contributed by atoms with Crippen molar-refractivity contribution in [2.45, 2.75) is 31.2 Å². The molecule has 0 atom stereocenters. The summed E-state index contributed by atoms with van der Waals surface area (Å²) >= 11 is 3.30. The van der Waals surface area contributed by atoms with Crippen molar-refractivity contribution in [3.8, 4) is 0 Å². The van der Waals surface area contributed by atoms with Gasteiger partial charge in [-0.2, -0.15) is 0 Å². The molecule has 29 heavy (non-hydrogen) atoms. The minimum Gasteiger partial charge on any atom is -0.352 e. The minimum absolute atomic E-state index is 0.0655. The Morgan fingerprint density at radius 3 is 2.55 bits per heavy atom. The van der Waals surface area contributed by atoms with Gasteiger partial charge in [-0.05, 0) is 57.7 Å². The summed E-state index contributed by atoms with van der Waals surface area (Å²) in [5.74, 6) is -1.29. The van der Waals surface area contributed by atoms with Gasteiger partial charge in [-0.25, -0.2) is 12.8 Å².